The van der Waals surface area contributed by atoms with Crippen molar-refractivity contribution in [3.8, 4) is 11.8 Å². The number of nitriles is 1. The largest absolute Gasteiger partial charge is 0.478 e. The van der Waals surface area contributed by atoms with Crippen LogP contribution in [-0.2, 0) is 0 Å². The molecule has 84 valence electrons. The van der Waals surface area contributed by atoms with Crippen LogP contribution in [0.15, 0.2) is 24.5 Å². The van der Waals surface area contributed by atoms with Crippen LogP contribution in [0, 0.1) is 18.3 Å². The van der Waals surface area contributed by atoms with Crippen molar-refractivity contribution in [2.45, 2.75) is 6.92 Å². The number of aryl methyl sites for hydroxylation is 1. The van der Waals surface area contributed by atoms with Gasteiger partial charge in [0.2, 0.25) is 0 Å². The molecule has 6 heteroatoms. The van der Waals surface area contributed by atoms with E-state index in [9.17, 15) is 4.79 Å². The average Bonchev–Trinajstić information content (AvgIpc) is 2.71. The Labute approximate surface area is 96.8 Å². The zero-order chi connectivity index (χ0) is 12.4. The second-order valence-electron chi connectivity index (χ2n) is 3.39. The second kappa shape index (κ2) is 4.06. The first-order chi connectivity index (χ1) is 8.11. The Bertz CT molecular complexity index is 607. The van der Waals surface area contributed by atoms with Crippen LogP contribution in [-0.4, -0.2) is 25.8 Å². The number of carboxylic acids is 1. The van der Waals surface area contributed by atoms with Gasteiger partial charge in [0.25, 0.3) is 0 Å². The van der Waals surface area contributed by atoms with Gasteiger partial charge in [-0.3, -0.25) is 0 Å². The molecular weight excluding hydrogens is 220 g/mol. The minimum Gasteiger partial charge on any atom is -0.478 e. The van der Waals surface area contributed by atoms with E-state index in [1.54, 1.807) is 19.1 Å². The molecule has 1 N–H and O–H groups in total. The number of aromatic carboxylic acids is 1. The highest BCUT2D eigenvalue weighted by molar-refractivity contribution is 5.88. The van der Waals surface area contributed by atoms with Gasteiger partial charge >= 0.3 is 5.97 Å². The standard InChI is InChI=1S/C11H8N4O2/c1-7-10(11(16)17)6-15(14-7)9-3-2-8(4-12)13-5-9/h2-3,5-6H,1H3,(H,16,17). The molecule has 2 aromatic heterocycles. The average molecular weight is 228 g/mol. The second-order valence-corrected chi connectivity index (χ2v) is 3.39. The van der Waals surface area contributed by atoms with E-state index in [1.165, 1.54) is 17.1 Å². The Morgan fingerprint density at radius 1 is 1.53 bits per heavy atom. The molecule has 17 heavy (non-hydrogen) atoms. The summed E-state index contributed by atoms with van der Waals surface area (Å²) in [6, 6.07) is 5.11. The molecule has 0 saturated carbocycles. The summed E-state index contributed by atoms with van der Waals surface area (Å²) in [4.78, 5) is 14.7. The summed E-state index contributed by atoms with van der Waals surface area (Å²) < 4.78 is 1.42. The Morgan fingerprint density at radius 3 is 2.76 bits per heavy atom. The number of rotatable bonds is 2. The van der Waals surface area contributed by atoms with E-state index in [-0.39, 0.29) is 5.56 Å². The summed E-state index contributed by atoms with van der Waals surface area (Å²) >= 11 is 0. The summed E-state index contributed by atoms with van der Waals surface area (Å²) in [5.41, 5.74) is 1.49. The van der Waals surface area contributed by atoms with Crippen LogP contribution in [0.3, 0.4) is 0 Å². The maximum absolute atomic E-state index is 10.9. The Kier molecular flexibility index (Phi) is 2.58. The third kappa shape index (κ3) is 1.99. The van der Waals surface area contributed by atoms with Crippen LogP contribution in [0.5, 0.6) is 0 Å². The van der Waals surface area contributed by atoms with Crippen LogP contribution in [0.25, 0.3) is 5.69 Å². The van der Waals surface area contributed by atoms with Crippen molar-refractivity contribution in [2.24, 2.45) is 0 Å². The summed E-state index contributed by atoms with van der Waals surface area (Å²) in [7, 11) is 0. The summed E-state index contributed by atoms with van der Waals surface area (Å²) in [5, 5.41) is 21.6. The van der Waals surface area contributed by atoms with Gasteiger partial charge in [-0.1, -0.05) is 0 Å². The molecule has 0 radical (unpaired) electrons. The molecule has 2 heterocycles. The molecule has 0 aliphatic carbocycles. The first kappa shape index (κ1) is 10.8. The normalized spacial score (nSPS) is 9.88. The van der Waals surface area contributed by atoms with Gasteiger partial charge in [0, 0.05) is 6.20 Å². The van der Waals surface area contributed by atoms with Crippen molar-refractivity contribution >= 4 is 5.97 Å². The fourth-order valence-corrected chi connectivity index (χ4v) is 1.39. The molecule has 0 amide bonds. The molecule has 0 fully saturated rings. The number of aromatic nitrogens is 3. The number of nitrogens with zero attached hydrogens (tertiary/aromatic N) is 4. The van der Waals surface area contributed by atoms with Crippen molar-refractivity contribution in [1.29, 1.82) is 5.26 Å². The van der Waals surface area contributed by atoms with Crippen molar-refractivity contribution in [3.05, 3.63) is 41.5 Å². The number of pyridine rings is 1. The molecule has 0 aromatic carbocycles. The van der Waals surface area contributed by atoms with E-state index < -0.39 is 5.97 Å². The van der Waals surface area contributed by atoms with Crippen LogP contribution in [0.2, 0.25) is 0 Å². The predicted octanol–water partition coefficient (Wildman–Crippen LogP) is 1.15. The number of hydrogen-bond donors (Lipinski definition) is 1. The minimum atomic E-state index is -1.02. The van der Waals surface area contributed by atoms with E-state index in [0.29, 0.717) is 17.1 Å². The minimum absolute atomic E-state index is 0.148. The Balaban J connectivity index is 2.43. The molecule has 6 nitrogen and oxygen atoms in total. The fraction of sp³-hybridized carbons (Fsp3) is 0.0909. The molecule has 0 bridgehead atoms. The zero-order valence-corrected chi connectivity index (χ0v) is 8.95. The molecule has 0 unspecified atom stereocenters. The lowest BCUT2D eigenvalue weighted by molar-refractivity contribution is 0.0696. The first-order valence-electron chi connectivity index (χ1n) is 4.78. The van der Waals surface area contributed by atoms with E-state index in [4.69, 9.17) is 10.4 Å². The van der Waals surface area contributed by atoms with E-state index in [0.717, 1.165) is 0 Å². The lowest BCUT2D eigenvalue weighted by atomic mass is 10.3. The quantitative estimate of drug-likeness (QED) is 0.832. The van der Waals surface area contributed by atoms with Crippen molar-refractivity contribution in [1.82, 2.24) is 14.8 Å². The lowest BCUT2D eigenvalue weighted by Crippen LogP contribution is -1.96. The van der Waals surface area contributed by atoms with Gasteiger partial charge < -0.3 is 5.11 Å². The van der Waals surface area contributed by atoms with Crippen LogP contribution < -0.4 is 0 Å². The van der Waals surface area contributed by atoms with Gasteiger partial charge in [0.15, 0.2) is 0 Å². The van der Waals surface area contributed by atoms with Gasteiger partial charge in [-0.25, -0.2) is 14.5 Å². The summed E-state index contributed by atoms with van der Waals surface area (Å²) in [6.07, 6.45) is 2.89. The molecule has 0 saturated heterocycles. The van der Waals surface area contributed by atoms with Crippen molar-refractivity contribution in [3.63, 3.8) is 0 Å². The van der Waals surface area contributed by atoms with Crippen LogP contribution in [0.4, 0.5) is 0 Å². The van der Waals surface area contributed by atoms with Gasteiger partial charge in [-0.05, 0) is 19.1 Å². The molecule has 2 aromatic rings. The SMILES string of the molecule is Cc1nn(-c2ccc(C#N)nc2)cc1C(=O)O. The third-order valence-electron chi connectivity index (χ3n) is 2.26. The van der Waals surface area contributed by atoms with Gasteiger partial charge in [0.05, 0.1) is 17.6 Å². The monoisotopic (exact) mass is 228 g/mol. The van der Waals surface area contributed by atoms with Crippen LogP contribution >= 0.6 is 0 Å². The number of carboxylic acid groups (broad SMARTS) is 1. The number of hydrogen-bond acceptors (Lipinski definition) is 4. The lowest BCUT2D eigenvalue weighted by Gasteiger charge is -1.99. The van der Waals surface area contributed by atoms with E-state index in [2.05, 4.69) is 10.1 Å². The Hall–Kier alpha value is -2.68. The molecule has 0 spiro atoms. The van der Waals surface area contributed by atoms with Gasteiger partial charge in [0.1, 0.15) is 17.3 Å². The smallest absolute Gasteiger partial charge is 0.339 e. The van der Waals surface area contributed by atoms with Gasteiger partial charge in [-0.15, -0.1) is 0 Å². The topological polar surface area (TPSA) is 91.8 Å². The highest BCUT2D eigenvalue weighted by atomic mass is 16.4. The molecule has 0 aliphatic heterocycles. The summed E-state index contributed by atoms with van der Waals surface area (Å²) in [5.74, 6) is -1.02. The van der Waals surface area contributed by atoms with E-state index in [1.807, 2.05) is 6.07 Å². The first-order valence-corrected chi connectivity index (χ1v) is 4.78. The zero-order valence-electron chi connectivity index (χ0n) is 8.95. The highest BCUT2D eigenvalue weighted by Crippen LogP contribution is 2.11. The maximum Gasteiger partial charge on any atom is 0.339 e. The fourth-order valence-electron chi connectivity index (χ4n) is 1.39. The summed E-state index contributed by atoms with van der Waals surface area (Å²) in [6.45, 7) is 1.62. The molecule has 2 rings (SSSR count). The highest BCUT2D eigenvalue weighted by Gasteiger charge is 2.12. The van der Waals surface area contributed by atoms with Crippen molar-refractivity contribution in [2.75, 3.05) is 0 Å². The molecule has 0 aliphatic rings. The van der Waals surface area contributed by atoms with E-state index >= 15 is 0 Å². The van der Waals surface area contributed by atoms with Crippen molar-refractivity contribution < 1.29 is 9.90 Å². The Morgan fingerprint density at radius 2 is 2.29 bits per heavy atom. The molecular formula is C11H8N4O2. The predicted molar refractivity (Wildman–Crippen MR) is 57.8 cm³/mol. The molecule has 0 atom stereocenters. The van der Waals surface area contributed by atoms with Gasteiger partial charge in [-0.2, -0.15) is 10.4 Å². The van der Waals surface area contributed by atoms with Crippen LogP contribution in [0.1, 0.15) is 21.7 Å². The number of carbonyl (C=O) groups is 1. The maximum atomic E-state index is 10.9. The third-order valence-corrected chi connectivity index (χ3v) is 2.26.